The van der Waals surface area contributed by atoms with Crippen LogP contribution in [0.1, 0.15) is 40.7 Å². The van der Waals surface area contributed by atoms with Crippen molar-refractivity contribution < 1.29 is 9.53 Å². The first kappa shape index (κ1) is 21.5. The molecule has 0 unspecified atom stereocenters. The highest BCUT2D eigenvalue weighted by atomic mass is 32.2. The van der Waals surface area contributed by atoms with Crippen LogP contribution in [0.4, 0.5) is 0 Å². The predicted octanol–water partition coefficient (Wildman–Crippen LogP) is 6.17. The zero-order valence-electron chi connectivity index (χ0n) is 17.9. The van der Waals surface area contributed by atoms with Crippen LogP contribution in [0.15, 0.2) is 53.6 Å². The minimum atomic E-state index is 0.0686. The van der Waals surface area contributed by atoms with Gasteiger partial charge in [-0.3, -0.25) is 4.79 Å². The molecule has 0 atom stereocenters. The quantitative estimate of drug-likeness (QED) is 0.248. The molecule has 158 valence electrons. The molecule has 0 spiro atoms. The fourth-order valence-electron chi connectivity index (χ4n) is 3.25. The van der Waals surface area contributed by atoms with Crippen molar-refractivity contribution in [2.75, 3.05) is 12.9 Å². The standard InChI is InChI=1S/C24H23N3O2S2/c1-14(2)16-8-10-17(11-9-16)20(28)13-30-24-22-23(31-15(3)25-22)21(26-27-24)18-6-5-7-19(12-18)29-4/h5-12,14H,13H2,1-4H3. The number of thiazole rings is 1. The van der Waals surface area contributed by atoms with E-state index in [9.17, 15) is 4.79 Å². The Morgan fingerprint density at radius 3 is 2.61 bits per heavy atom. The summed E-state index contributed by atoms with van der Waals surface area (Å²) in [5, 5.41) is 10.5. The van der Waals surface area contributed by atoms with E-state index in [1.165, 1.54) is 17.3 Å². The second-order valence-electron chi connectivity index (χ2n) is 7.48. The molecule has 0 radical (unpaired) electrons. The number of carbonyl (C=O) groups excluding carboxylic acids is 1. The van der Waals surface area contributed by atoms with Crippen molar-refractivity contribution >= 4 is 39.1 Å². The van der Waals surface area contributed by atoms with Gasteiger partial charge >= 0.3 is 0 Å². The molecule has 4 rings (SSSR count). The van der Waals surface area contributed by atoms with Gasteiger partial charge in [0, 0.05) is 11.1 Å². The lowest BCUT2D eigenvalue weighted by atomic mass is 10.0. The molecule has 2 heterocycles. The number of methoxy groups -OCH3 is 1. The fraction of sp³-hybridized carbons (Fsp3) is 0.250. The van der Waals surface area contributed by atoms with Gasteiger partial charge in [0.05, 0.1) is 22.6 Å². The Hall–Kier alpha value is -2.77. The molecule has 0 fully saturated rings. The van der Waals surface area contributed by atoms with Crippen LogP contribution in [-0.2, 0) is 0 Å². The first-order chi connectivity index (χ1) is 15.0. The molecule has 2 aromatic carbocycles. The van der Waals surface area contributed by atoms with Gasteiger partial charge in [-0.25, -0.2) is 4.98 Å². The molecule has 7 heteroatoms. The molecule has 0 bridgehead atoms. The van der Waals surface area contributed by atoms with Crippen LogP contribution in [0, 0.1) is 6.92 Å². The highest BCUT2D eigenvalue weighted by molar-refractivity contribution is 8.00. The van der Waals surface area contributed by atoms with Gasteiger partial charge < -0.3 is 4.74 Å². The van der Waals surface area contributed by atoms with E-state index in [0.717, 1.165) is 32.2 Å². The Bertz CT molecular complexity index is 1230. The van der Waals surface area contributed by atoms with E-state index in [-0.39, 0.29) is 5.78 Å². The second kappa shape index (κ2) is 9.16. The van der Waals surface area contributed by atoms with E-state index in [2.05, 4.69) is 29.0 Å². The third kappa shape index (κ3) is 4.62. The summed E-state index contributed by atoms with van der Waals surface area (Å²) in [6.45, 7) is 6.25. The number of rotatable bonds is 7. The van der Waals surface area contributed by atoms with Crippen LogP contribution in [-0.4, -0.2) is 33.8 Å². The molecule has 0 amide bonds. The van der Waals surface area contributed by atoms with Crippen LogP contribution >= 0.6 is 23.1 Å². The number of aryl methyl sites for hydroxylation is 1. The Morgan fingerprint density at radius 1 is 1.13 bits per heavy atom. The average Bonchev–Trinajstić information content (AvgIpc) is 3.18. The minimum absolute atomic E-state index is 0.0686. The van der Waals surface area contributed by atoms with Gasteiger partial charge in [-0.2, -0.15) is 0 Å². The topological polar surface area (TPSA) is 65.0 Å². The van der Waals surface area contributed by atoms with Crippen molar-refractivity contribution in [3.63, 3.8) is 0 Å². The van der Waals surface area contributed by atoms with E-state index >= 15 is 0 Å². The normalized spacial score (nSPS) is 11.3. The summed E-state index contributed by atoms with van der Waals surface area (Å²) in [6, 6.07) is 15.6. The Kier molecular flexibility index (Phi) is 6.34. The van der Waals surface area contributed by atoms with Crippen LogP contribution in [0.3, 0.4) is 0 Å². The van der Waals surface area contributed by atoms with Gasteiger partial charge in [0.15, 0.2) is 5.78 Å². The molecule has 0 aliphatic heterocycles. The van der Waals surface area contributed by atoms with Gasteiger partial charge in [-0.05, 0) is 30.5 Å². The number of ketones is 1. The molecule has 0 aliphatic carbocycles. The molecule has 31 heavy (non-hydrogen) atoms. The first-order valence-corrected chi connectivity index (χ1v) is 11.8. The number of Topliss-reactive ketones (excluding diaryl/α,β-unsaturated/α-hetero) is 1. The SMILES string of the molecule is COc1cccc(-c2nnc(SCC(=O)c3ccc(C(C)C)cc3)c3nc(C)sc23)c1. The highest BCUT2D eigenvalue weighted by Crippen LogP contribution is 2.36. The summed E-state index contributed by atoms with van der Waals surface area (Å²) >= 11 is 2.97. The average molecular weight is 450 g/mol. The van der Waals surface area contributed by atoms with Gasteiger partial charge in [-0.15, -0.1) is 21.5 Å². The van der Waals surface area contributed by atoms with Crippen molar-refractivity contribution in [2.24, 2.45) is 0 Å². The molecule has 5 nitrogen and oxygen atoms in total. The maximum Gasteiger partial charge on any atom is 0.173 e. The van der Waals surface area contributed by atoms with Crippen LogP contribution in [0.25, 0.3) is 21.5 Å². The molecule has 0 saturated heterocycles. The van der Waals surface area contributed by atoms with Crippen molar-refractivity contribution in [1.29, 1.82) is 0 Å². The second-order valence-corrected chi connectivity index (χ2v) is 9.65. The molecule has 2 aromatic heterocycles. The molecule has 0 N–H and O–H groups in total. The number of thioether (sulfide) groups is 1. The Labute approximate surface area is 189 Å². The number of nitrogens with zero attached hydrogens (tertiary/aromatic N) is 3. The third-order valence-electron chi connectivity index (χ3n) is 4.98. The predicted molar refractivity (Wildman–Crippen MR) is 128 cm³/mol. The number of hydrogen-bond donors (Lipinski definition) is 0. The maximum absolute atomic E-state index is 12.7. The number of benzene rings is 2. The number of ether oxygens (including phenoxy) is 1. The maximum atomic E-state index is 12.7. The fourth-order valence-corrected chi connectivity index (χ4v) is 5.06. The van der Waals surface area contributed by atoms with Crippen LogP contribution < -0.4 is 4.74 Å². The molecular weight excluding hydrogens is 426 g/mol. The van der Waals surface area contributed by atoms with Crippen LogP contribution in [0.2, 0.25) is 0 Å². The molecule has 0 saturated carbocycles. The smallest absolute Gasteiger partial charge is 0.173 e. The van der Waals surface area contributed by atoms with E-state index in [4.69, 9.17) is 4.74 Å². The van der Waals surface area contributed by atoms with Crippen LogP contribution in [0.5, 0.6) is 5.75 Å². The summed E-state index contributed by atoms with van der Waals surface area (Å²) in [4.78, 5) is 17.4. The van der Waals surface area contributed by atoms with Gasteiger partial charge in [0.2, 0.25) is 0 Å². The Morgan fingerprint density at radius 2 is 1.90 bits per heavy atom. The van der Waals surface area contributed by atoms with Crippen molar-refractivity contribution in [1.82, 2.24) is 15.2 Å². The lowest BCUT2D eigenvalue weighted by Crippen LogP contribution is -2.03. The Balaban J connectivity index is 1.59. The summed E-state index contributed by atoms with van der Waals surface area (Å²) < 4.78 is 6.31. The van der Waals surface area contributed by atoms with Gasteiger partial charge in [0.1, 0.15) is 22.0 Å². The lowest BCUT2D eigenvalue weighted by molar-refractivity contribution is 0.102. The third-order valence-corrected chi connectivity index (χ3v) is 6.91. The van der Waals surface area contributed by atoms with E-state index < -0.39 is 0 Å². The zero-order valence-corrected chi connectivity index (χ0v) is 19.5. The van der Waals surface area contributed by atoms with E-state index in [0.29, 0.717) is 22.3 Å². The summed E-state index contributed by atoms with van der Waals surface area (Å²) in [6.07, 6.45) is 0. The number of fused-ring (bicyclic) bond motifs is 1. The minimum Gasteiger partial charge on any atom is -0.497 e. The number of aromatic nitrogens is 3. The van der Waals surface area contributed by atoms with Crippen molar-refractivity contribution in [3.05, 3.63) is 64.7 Å². The lowest BCUT2D eigenvalue weighted by Gasteiger charge is -2.07. The summed E-state index contributed by atoms with van der Waals surface area (Å²) in [5.41, 5.74) is 4.44. The van der Waals surface area contributed by atoms with E-state index in [1.807, 2.05) is 55.5 Å². The van der Waals surface area contributed by atoms with Gasteiger partial charge in [0.25, 0.3) is 0 Å². The van der Waals surface area contributed by atoms with Crippen molar-refractivity contribution in [2.45, 2.75) is 31.7 Å². The number of hydrogen-bond acceptors (Lipinski definition) is 7. The molecular formula is C24H23N3O2S2. The monoisotopic (exact) mass is 449 g/mol. The summed E-state index contributed by atoms with van der Waals surface area (Å²) in [5.74, 6) is 1.57. The largest absolute Gasteiger partial charge is 0.497 e. The highest BCUT2D eigenvalue weighted by Gasteiger charge is 2.17. The zero-order chi connectivity index (χ0) is 22.0. The molecule has 4 aromatic rings. The summed E-state index contributed by atoms with van der Waals surface area (Å²) in [7, 11) is 1.64. The van der Waals surface area contributed by atoms with Crippen molar-refractivity contribution in [3.8, 4) is 17.0 Å². The van der Waals surface area contributed by atoms with Gasteiger partial charge in [-0.1, -0.05) is 62.0 Å². The number of carbonyl (C=O) groups is 1. The molecule has 0 aliphatic rings. The van der Waals surface area contributed by atoms with E-state index in [1.54, 1.807) is 18.4 Å². The first-order valence-electron chi connectivity index (χ1n) is 10.0.